The first-order valence-electron chi connectivity index (χ1n) is 6.09. The zero-order valence-corrected chi connectivity index (χ0v) is 11.3. The van der Waals surface area contributed by atoms with E-state index in [1.165, 1.54) is 0 Å². The van der Waals surface area contributed by atoms with Crippen LogP contribution in [0.5, 0.6) is 0 Å². The van der Waals surface area contributed by atoms with Crippen LogP contribution in [0.3, 0.4) is 0 Å². The summed E-state index contributed by atoms with van der Waals surface area (Å²) in [5.74, 6) is 0.0142. The van der Waals surface area contributed by atoms with Crippen LogP contribution in [0.4, 0.5) is 0 Å². The largest absolute Gasteiger partial charge is 0.382 e. The summed E-state index contributed by atoms with van der Waals surface area (Å²) in [4.78, 5) is 11.6. The second-order valence-corrected chi connectivity index (χ2v) is 4.66. The number of hydrogen-bond donors (Lipinski definition) is 2. The maximum absolute atomic E-state index is 11.6. The van der Waals surface area contributed by atoms with E-state index in [0.717, 1.165) is 12.8 Å². The van der Waals surface area contributed by atoms with Crippen molar-refractivity contribution in [1.29, 1.82) is 0 Å². The number of carbonyl (C=O) groups excluding carboxylic acids is 1. The van der Waals surface area contributed by atoms with Gasteiger partial charge < -0.3 is 20.5 Å². The van der Waals surface area contributed by atoms with Gasteiger partial charge in [-0.2, -0.15) is 0 Å². The average Bonchev–Trinajstić information content (AvgIpc) is 2.32. The van der Waals surface area contributed by atoms with Gasteiger partial charge in [0.25, 0.3) is 0 Å². The molecule has 5 nitrogen and oxygen atoms in total. The average molecular weight is 246 g/mol. The number of nitrogens with two attached hydrogens (primary N) is 1. The zero-order chi connectivity index (χ0) is 13.1. The first-order chi connectivity index (χ1) is 8.04. The van der Waals surface area contributed by atoms with Crippen molar-refractivity contribution in [2.45, 2.75) is 26.7 Å². The summed E-state index contributed by atoms with van der Waals surface area (Å²) in [5.41, 5.74) is 5.04. The molecule has 0 aliphatic carbocycles. The van der Waals surface area contributed by atoms with Crippen molar-refractivity contribution in [3.8, 4) is 0 Å². The fourth-order valence-electron chi connectivity index (χ4n) is 1.11. The molecule has 0 spiro atoms. The van der Waals surface area contributed by atoms with Gasteiger partial charge in [-0.05, 0) is 26.7 Å². The summed E-state index contributed by atoms with van der Waals surface area (Å²) in [5, 5.41) is 2.88. The van der Waals surface area contributed by atoms with E-state index in [4.69, 9.17) is 15.2 Å². The lowest BCUT2D eigenvalue weighted by atomic mass is 9.93. The second kappa shape index (κ2) is 9.39. The Balaban J connectivity index is 3.37. The molecule has 0 bridgehead atoms. The van der Waals surface area contributed by atoms with Gasteiger partial charge in [0.2, 0.25) is 5.91 Å². The highest BCUT2D eigenvalue weighted by Gasteiger charge is 2.24. The fraction of sp³-hybridized carbons (Fsp3) is 0.917. The van der Waals surface area contributed by atoms with E-state index in [-0.39, 0.29) is 5.91 Å². The number of hydrogen-bond acceptors (Lipinski definition) is 4. The van der Waals surface area contributed by atoms with Gasteiger partial charge in [0.05, 0.1) is 18.6 Å². The van der Waals surface area contributed by atoms with Crippen LogP contribution in [0.15, 0.2) is 0 Å². The first kappa shape index (κ1) is 16.4. The number of rotatable bonds is 10. The molecular weight excluding hydrogens is 220 g/mol. The molecule has 102 valence electrons. The Labute approximate surface area is 104 Å². The Hall–Kier alpha value is -0.650. The van der Waals surface area contributed by atoms with E-state index in [1.54, 1.807) is 7.11 Å². The number of carbonyl (C=O) groups is 1. The molecule has 0 unspecified atom stereocenters. The maximum Gasteiger partial charge on any atom is 0.226 e. The topological polar surface area (TPSA) is 73.6 Å². The Bertz CT molecular complexity index is 208. The van der Waals surface area contributed by atoms with Crippen molar-refractivity contribution in [3.05, 3.63) is 0 Å². The molecule has 0 aliphatic heterocycles. The van der Waals surface area contributed by atoms with Crippen molar-refractivity contribution in [2.75, 3.05) is 40.0 Å². The quantitative estimate of drug-likeness (QED) is 0.551. The van der Waals surface area contributed by atoms with Gasteiger partial charge in [0, 0.05) is 26.8 Å². The van der Waals surface area contributed by atoms with Crippen LogP contribution in [0, 0.1) is 5.41 Å². The van der Waals surface area contributed by atoms with Crippen molar-refractivity contribution >= 4 is 5.91 Å². The van der Waals surface area contributed by atoms with E-state index in [9.17, 15) is 4.79 Å². The van der Waals surface area contributed by atoms with Crippen LogP contribution in [-0.2, 0) is 14.3 Å². The Morgan fingerprint density at radius 1 is 1.24 bits per heavy atom. The molecular formula is C12H26N2O3. The number of methoxy groups -OCH3 is 1. The minimum Gasteiger partial charge on any atom is -0.382 e. The summed E-state index contributed by atoms with van der Waals surface area (Å²) in [6.07, 6.45) is 1.85. The number of nitrogens with one attached hydrogen (secondary N) is 1. The second-order valence-electron chi connectivity index (χ2n) is 4.66. The van der Waals surface area contributed by atoms with Crippen LogP contribution >= 0.6 is 0 Å². The van der Waals surface area contributed by atoms with Crippen molar-refractivity contribution in [3.63, 3.8) is 0 Å². The van der Waals surface area contributed by atoms with E-state index in [2.05, 4.69) is 5.32 Å². The molecule has 0 rings (SSSR count). The van der Waals surface area contributed by atoms with Crippen LogP contribution in [-0.4, -0.2) is 45.9 Å². The Morgan fingerprint density at radius 2 is 1.94 bits per heavy atom. The molecule has 0 radical (unpaired) electrons. The highest BCUT2D eigenvalue weighted by atomic mass is 16.5. The summed E-state index contributed by atoms with van der Waals surface area (Å²) in [6.45, 7) is 6.69. The molecule has 3 N–H and O–H groups in total. The number of ether oxygens (including phenoxy) is 2. The van der Waals surface area contributed by atoms with Gasteiger partial charge in [0.15, 0.2) is 0 Å². The van der Waals surface area contributed by atoms with E-state index < -0.39 is 5.41 Å². The molecule has 5 heteroatoms. The van der Waals surface area contributed by atoms with Crippen molar-refractivity contribution < 1.29 is 14.3 Å². The molecule has 0 fully saturated rings. The van der Waals surface area contributed by atoms with E-state index >= 15 is 0 Å². The fourth-order valence-corrected chi connectivity index (χ4v) is 1.11. The Morgan fingerprint density at radius 3 is 2.53 bits per heavy atom. The third-order valence-corrected chi connectivity index (χ3v) is 2.56. The third kappa shape index (κ3) is 8.12. The third-order valence-electron chi connectivity index (χ3n) is 2.56. The molecule has 17 heavy (non-hydrogen) atoms. The van der Waals surface area contributed by atoms with E-state index in [0.29, 0.717) is 32.9 Å². The van der Waals surface area contributed by atoms with E-state index in [1.807, 2.05) is 13.8 Å². The molecule has 0 aliphatic rings. The van der Waals surface area contributed by atoms with Gasteiger partial charge in [0.1, 0.15) is 0 Å². The van der Waals surface area contributed by atoms with Gasteiger partial charge in [-0.3, -0.25) is 4.79 Å². The lowest BCUT2D eigenvalue weighted by Crippen LogP contribution is -2.42. The predicted molar refractivity (Wildman–Crippen MR) is 67.8 cm³/mol. The van der Waals surface area contributed by atoms with Crippen LogP contribution in [0.25, 0.3) is 0 Å². The number of amides is 1. The minimum absolute atomic E-state index is 0.0142. The molecule has 0 saturated carbocycles. The monoisotopic (exact) mass is 246 g/mol. The van der Waals surface area contributed by atoms with Gasteiger partial charge in [-0.1, -0.05) is 0 Å². The molecule has 0 heterocycles. The Kier molecular flexibility index (Phi) is 9.03. The molecule has 0 aromatic rings. The lowest BCUT2D eigenvalue weighted by molar-refractivity contribution is -0.128. The van der Waals surface area contributed by atoms with Crippen LogP contribution in [0.2, 0.25) is 0 Å². The highest BCUT2D eigenvalue weighted by molar-refractivity contribution is 5.81. The summed E-state index contributed by atoms with van der Waals surface area (Å²) in [6, 6.07) is 0. The first-order valence-corrected chi connectivity index (χ1v) is 6.09. The summed E-state index contributed by atoms with van der Waals surface area (Å²) < 4.78 is 10.2. The molecule has 1 amide bonds. The van der Waals surface area contributed by atoms with Crippen molar-refractivity contribution in [2.24, 2.45) is 11.1 Å². The summed E-state index contributed by atoms with van der Waals surface area (Å²) in [7, 11) is 1.65. The SMILES string of the molecule is COCCOCCCCNC(=O)C(C)(C)CN. The minimum atomic E-state index is -0.477. The summed E-state index contributed by atoms with van der Waals surface area (Å²) >= 11 is 0. The standard InChI is InChI=1S/C12H26N2O3/c1-12(2,10-13)11(15)14-6-4-5-7-17-9-8-16-3/h4-10,13H2,1-3H3,(H,14,15). The van der Waals surface area contributed by atoms with Crippen molar-refractivity contribution in [1.82, 2.24) is 5.32 Å². The highest BCUT2D eigenvalue weighted by Crippen LogP contribution is 2.11. The zero-order valence-electron chi connectivity index (χ0n) is 11.3. The molecule has 0 aromatic carbocycles. The number of unbranched alkanes of at least 4 members (excludes halogenated alkanes) is 1. The lowest BCUT2D eigenvalue weighted by Gasteiger charge is -2.21. The van der Waals surface area contributed by atoms with Gasteiger partial charge >= 0.3 is 0 Å². The predicted octanol–water partition coefficient (Wildman–Crippen LogP) is 0.531. The molecule has 0 aromatic heterocycles. The van der Waals surface area contributed by atoms with Gasteiger partial charge in [-0.15, -0.1) is 0 Å². The van der Waals surface area contributed by atoms with Gasteiger partial charge in [-0.25, -0.2) is 0 Å². The smallest absolute Gasteiger partial charge is 0.226 e. The molecule has 0 atom stereocenters. The molecule has 0 saturated heterocycles. The van der Waals surface area contributed by atoms with Crippen LogP contribution in [0.1, 0.15) is 26.7 Å². The maximum atomic E-state index is 11.6. The van der Waals surface area contributed by atoms with Crippen LogP contribution < -0.4 is 11.1 Å². The normalized spacial score (nSPS) is 11.5.